The van der Waals surface area contributed by atoms with Crippen molar-refractivity contribution in [3.8, 4) is 11.1 Å². The molecule has 0 spiro atoms. The molecule has 5 heteroatoms. The smallest absolute Gasteiger partial charge is 0.335 e. The van der Waals surface area contributed by atoms with Crippen LogP contribution < -0.4 is 0 Å². The van der Waals surface area contributed by atoms with E-state index in [-0.39, 0.29) is 12.6 Å². The molecule has 2 aromatic carbocycles. The SMILES string of the molecule is CCOC(=O)COOCC(c1ccc(-c2cccc(C(C)CC)c2)cc1C(C)CC)N(C)C. The summed E-state index contributed by atoms with van der Waals surface area (Å²) in [4.78, 5) is 24.2. The second kappa shape index (κ2) is 13.5. The highest BCUT2D eigenvalue weighted by Crippen LogP contribution is 2.34. The number of ether oxygens (including phenoxy) is 1. The van der Waals surface area contributed by atoms with Gasteiger partial charge in [0.2, 0.25) is 0 Å². The number of rotatable bonds is 13. The first-order valence-electron chi connectivity index (χ1n) is 12.1. The Morgan fingerprint density at radius 3 is 2.21 bits per heavy atom. The first-order valence-corrected chi connectivity index (χ1v) is 12.1. The Hall–Kier alpha value is -2.21. The van der Waals surface area contributed by atoms with E-state index in [4.69, 9.17) is 14.5 Å². The van der Waals surface area contributed by atoms with Gasteiger partial charge in [-0.25, -0.2) is 14.6 Å². The topological polar surface area (TPSA) is 48.0 Å². The van der Waals surface area contributed by atoms with Crippen LogP contribution in [0.1, 0.15) is 82.0 Å². The van der Waals surface area contributed by atoms with E-state index in [2.05, 4.69) is 75.1 Å². The summed E-state index contributed by atoms with van der Waals surface area (Å²) in [6.07, 6.45) is 2.17. The normalized spacial score (nSPS) is 14.2. The number of likely N-dealkylation sites (N-methyl/N-ethyl adjacent to an activating group) is 1. The molecule has 0 aliphatic rings. The van der Waals surface area contributed by atoms with Gasteiger partial charge in [0.25, 0.3) is 0 Å². The van der Waals surface area contributed by atoms with E-state index < -0.39 is 5.97 Å². The van der Waals surface area contributed by atoms with E-state index in [0.717, 1.165) is 12.8 Å². The van der Waals surface area contributed by atoms with E-state index in [1.54, 1.807) is 6.92 Å². The van der Waals surface area contributed by atoms with Crippen LogP contribution in [0.25, 0.3) is 11.1 Å². The Bertz CT molecular complexity index is 880. The van der Waals surface area contributed by atoms with Gasteiger partial charge in [0.05, 0.1) is 12.6 Å². The molecule has 2 rings (SSSR count). The number of hydrogen-bond donors (Lipinski definition) is 0. The van der Waals surface area contributed by atoms with Crippen LogP contribution in [0, 0.1) is 0 Å². The molecule has 0 N–H and O–H groups in total. The number of carbonyl (C=O) groups is 1. The molecule has 0 saturated heterocycles. The number of benzene rings is 2. The molecule has 0 bridgehead atoms. The first kappa shape index (κ1) is 27.0. The summed E-state index contributed by atoms with van der Waals surface area (Å²) in [6.45, 7) is 11.2. The van der Waals surface area contributed by atoms with Crippen LogP contribution in [0.15, 0.2) is 42.5 Å². The third kappa shape index (κ3) is 7.66. The van der Waals surface area contributed by atoms with Gasteiger partial charge in [-0.3, -0.25) is 0 Å². The maximum absolute atomic E-state index is 11.5. The highest BCUT2D eigenvalue weighted by atomic mass is 17.2. The van der Waals surface area contributed by atoms with Crippen LogP contribution in [-0.4, -0.2) is 44.8 Å². The zero-order valence-corrected chi connectivity index (χ0v) is 21.4. The molecular formula is C28H41NO4. The molecule has 0 heterocycles. The molecule has 3 unspecified atom stereocenters. The Morgan fingerprint density at radius 2 is 1.58 bits per heavy atom. The predicted molar refractivity (Wildman–Crippen MR) is 134 cm³/mol. The van der Waals surface area contributed by atoms with Crippen molar-refractivity contribution in [1.82, 2.24) is 4.90 Å². The fraction of sp³-hybridized carbons (Fsp3) is 0.536. The van der Waals surface area contributed by atoms with Gasteiger partial charge in [-0.05, 0) is 73.5 Å². The minimum Gasteiger partial charge on any atom is -0.464 e. The summed E-state index contributed by atoms with van der Waals surface area (Å²) in [5.41, 5.74) is 6.39. The van der Waals surface area contributed by atoms with Gasteiger partial charge < -0.3 is 9.64 Å². The van der Waals surface area contributed by atoms with Crippen LogP contribution in [0.4, 0.5) is 0 Å². The molecule has 0 aromatic heterocycles. The van der Waals surface area contributed by atoms with Crippen molar-refractivity contribution in [2.24, 2.45) is 0 Å². The van der Waals surface area contributed by atoms with Crippen LogP contribution in [0.5, 0.6) is 0 Å². The monoisotopic (exact) mass is 455 g/mol. The van der Waals surface area contributed by atoms with Crippen LogP contribution in [0.3, 0.4) is 0 Å². The zero-order chi connectivity index (χ0) is 24.4. The lowest BCUT2D eigenvalue weighted by Gasteiger charge is -2.28. The van der Waals surface area contributed by atoms with Gasteiger partial charge in [0.15, 0.2) is 6.61 Å². The largest absolute Gasteiger partial charge is 0.464 e. The molecular weight excluding hydrogens is 414 g/mol. The van der Waals surface area contributed by atoms with Gasteiger partial charge >= 0.3 is 5.97 Å². The van der Waals surface area contributed by atoms with Crippen LogP contribution in [-0.2, 0) is 19.3 Å². The van der Waals surface area contributed by atoms with Crippen LogP contribution in [0.2, 0.25) is 0 Å². The zero-order valence-electron chi connectivity index (χ0n) is 21.4. The second-order valence-corrected chi connectivity index (χ2v) is 8.92. The lowest BCUT2D eigenvalue weighted by Crippen LogP contribution is -2.26. The summed E-state index contributed by atoms with van der Waals surface area (Å²) in [6, 6.07) is 15.6. The average Bonchev–Trinajstić information content (AvgIpc) is 2.82. The highest BCUT2D eigenvalue weighted by molar-refractivity contribution is 5.70. The summed E-state index contributed by atoms with van der Waals surface area (Å²) in [5.74, 6) is 0.520. The molecule has 0 amide bonds. The van der Waals surface area contributed by atoms with E-state index in [0.29, 0.717) is 25.0 Å². The minimum atomic E-state index is -0.428. The molecule has 0 aliphatic carbocycles. The molecule has 3 atom stereocenters. The molecule has 5 nitrogen and oxygen atoms in total. The average molecular weight is 456 g/mol. The van der Waals surface area contributed by atoms with Gasteiger partial charge in [-0.1, -0.05) is 70.2 Å². The standard InChI is InChI=1S/C28H41NO4/c1-8-20(4)22-12-11-13-23(16-22)24-14-15-25(26(17-24)21(5)9-2)27(29(6)7)18-32-33-19-28(30)31-10-3/h11-17,20-21,27H,8-10,18-19H2,1-7H3. The van der Waals surface area contributed by atoms with E-state index in [9.17, 15) is 4.79 Å². The fourth-order valence-corrected chi connectivity index (χ4v) is 3.89. The molecule has 2 aromatic rings. The van der Waals surface area contributed by atoms with Crippen molar-refractivity contribution < 1.29 is 19.3 Å². The first-order chi connectivity index (χ1) is 15.8. The van der Waals surface area contributed by atoms with Crippen molar-refractivity contribution in [2.75, 3.05) is 33.9 Å². The van der Waals surface area contributed by atoms with E-state index in [1.807, 2.05) is 14.1 Å². The molecule has 33 heavy (non-hydrogen) atoms. The number of hydrogen-bond acceptors (Lipinski definition) is 5. The summed E-state index contributed by atoms with van der Waals surface area (Å²) < 4.78 is 4.88. The Balaban J connectivity index is 2.31. The molecule has 182 valence electrons. The molecule has 0 saturated carbocycles. The van der Waals surface area contributed by atoms with Crippen molar-refractivity contribution in [3.05, 3.63) is 59.2 Å². The maximum atomic E-state index is 11.5. The quantitative estimate of drug-likeness (QED) is 0.149. The molecule has 0 fully saturated rings. The van der Waals surface area contributed by atoms with Gasteiger partial charge in [-0.2, -0.15) is 0 Å². The third-order valence-electron chi connectivity index (χ3n) is 6.41. The summed E-state index contributed by atoms with van der Waals surface area (Å²) in [7, 11) is 4.06. The lowest BCUT2D eigenvalue weighted by atomic mass is 9.86. The summed E-state index contributed by atoms with van der Waals surface area (Å²) in [5, 5.41) is 0. The number of esters is 1. The second-order valence-electron chi connectivity index (χ2n) is 8.92. The highest BCUT2D eigenvalue weighted by Gasteiger charge is 2.22. The fourth-order valence-electron chi connectivity index (χ4n) is 3.89. The maximum Gasteiger partial charge on any atom is 0.335 e. The van der Waals surface area contributed by atoms with Gasteiger partial charge in [-0.15, -0.1) is 0 Å². The minimum absolute atomic E-state index is 0.00306. The third-order valence-corrected chi connectivity index (χ3v) is 6.41. The Labute approximate surface area is 200 Å². The van der Waals surface area contributed by atoms with E-state index in [1.165, 1.54) is 27.8 Å². The Kier molecular flexibility index (Phi) is 11.0. The molecule has 0 aliphatic heterocycles. The van der Waals surface area contributed by atoms with Gasteiger partial charge in [0, 0.05) is 0 Å². The predicted octanol–water partition coefficient (Wildman–Crippen LogP) is 6.49. The summed E-state index contributed by atoms with van der Waals surface area (Å²) >= 11 is 0. The Morgan fingerprint density at radius 1 is 0.879 bits per heavy atom. The van der Waals surface area contributed by atoms with Gasteiger partial charge in [0.1, 0.15) is 6.61 Å². The lowest BCUT2D eigenvalue weighted by molar-refractivity contribution is -0.299. The van der Waals surface area contributed by atoms with Crippen molar-refractivity contribution >= 4 is 5.97 Å². The van der Waals surface area contributed by atoms with Crippen molar-refractivity contribution in [1.29, 1.82) is 0 Å². The van der Waals surface area contributed by atoms with Crippen molar-refractivity contribution in [2.45, 2.75) is 65.3 Å². The van der Waals surface area contributed by atoms with Crippen molar-refractivity contribution in [3.63, 3.8) is 0 Å². The molecule has 0 radical (unpaired) electrons. The number of carbonyl (C=O) groups excluding carboxylic acids is 1. The van der Waals surface area contributed by atoms with Crippen LogP contribution >= 0.6 is 0 Å². The number of nitrogens with zero attached hydrogens (tertiary/aromatic N) is 1. The van der Waals surface area contributed by atoms with E-state index >= 15 is 0 Å².